The summed E-state index contributed by atoms with van der Waals surface area (Å²) in [5.74, 6) is -3.58. The number of cyclic esters (lactones) is 1. The second-order valence-corrected chi connectivity index (χ2v) is 12.6. The van der Waals surface area contributed by atoms with Crippen LogP contribution in [0.4, 0.5) is 0 Å². The highest BCUT2D eigenvalue weighted by molar-refractivity contribution is 5.99. The number of nitrogens with one attached hydrogen (secondary N) is 1. The molecule has 7 atom stereocenters. The van der Waals surface area contributed by atoms with E-state index in [0.29, 0.717) is 25.1 Å². The molecule has 5 bridgehead atoms. The summed E-state index contributed by atoms with van der Waals surface area (Å²) < 4.78 is 12.6. The van der Waals surface area contributed by atoms with Gasteiger partial charge >= 0.3 is 5.97 Å². The second kappa shape index (κ2) is 13.6. The van der Waals surface area contributed by atoms with Gasteiger partial charge in [-0.1, -0.05) is 88.2 Å². The first-order valence-corrected chi connectivity index (χ1v) is 16.0. The highest BCUT2D eigenvalue weighted by atomic mass is 16.6. The van der Waals surface area contributed by atoms with Crippen LogP contribution in [0.1, 0.15) is 64.5 Å². The Kier molecular flexibility index (Phi) is 9.90. The van der Waals surface area contributed by atoms with Gasteiger partial charge in [0.05, 0.1) is 31.2 Å². The number of aliphatic hydroxyl groups excluding tert-OH is 1. The molecule has 10 nitrogen and oxygen atoms in total. The zero-order chi connectivity index (χ0) is 31.4. The Morgan fingerprint density at radius 3 is 2.55 bits per heavy atom. The lowest BCUT2D eigenvalue weighted by atomic mass is 9.74. The van der Waals surface area contributed by atoms with Gasteiger partial charge < -0.3 is 29.7 Å². The van der Waals surface area contributed by atoms with Gasteiger partial charge in [0.25, 0.3) is 0 Å². The number of hydrogen-bond donors (Lipinski definition) is 2. The minimum absolute atomic E-state index is 0.0779. The van der Waals surface area contributed by atoms with Crippen molar-refractivity contribution in [2.24, 2.45) is 17.8 Å². The van der Waals surface area contributed by atoms with E-state index in [1.807, 2.05) is 56.3 Å². The number of likely N-dealkylation sites (tertiary alicyclic amines) is 1. The number of ether oxygens (including phenoxy) is 2. The molecule has 1 spiro atoms. The maximum absolute atomic E-state index is 14.6. The van der Waals surface area contributed by atoms with Crippen molar-refractivity contribution in [2.45, 2.75) is 82.8 Å². The fourth-order valence-corrected chi connectivity index (χ4v) is 7.09. The van der Waals surface area contributed by atoms with E-state index >= 15 is 0 Å². The molecule has 0 aromatic heterocycles. The normalized spacial score (nSPS) is 32.2. The van der Waals surface area contributed by atoms with Gasteiger partial charge in [-0.3, -0.25) is 19.2 Å². The Balaban J connectivity index is 1.57. The van der Waals surface area contributed by atoms with E-state index in [1.165, 1.54) is 4.90 Å². The van der Waals surface area contributed by atoms with Gasteiger partial charge in [0.2, 0.25) is 17.7 Å². The van der Waals surface area contributed by atoms with Crippen molar-refractivity contribution < 1.29 is 33.8 Å². The third-order valence-electron chi connectivity index (χ3n) is 9.42. The van der Waals surface area contributed by atoms with Gasteiger partial charge in [-0.25, -0.2) is 0 Å². The maximum Gasteiger partial charge on any atom is 0.313 e. The smallest absolute Gasteiger partial charge is 0.313 e. The Hall–Kier alpha value is -3.50. The molecule has 4 heterocycles. The summed E-state index contributed by atoms with van der Waals surface area (Å²) >= 11 is 0. The molecule has 0 saturated carbocycles. The van der Waals surface area contributed by atoms with E-state index in [9.17, 15) is 24.3 Å². The highest BCUT2D eigenvalue weighted by Crippen LogP contribution is 2.56. The number of unbranched alkanes of at least 4 members (excludes halogenated alkanes) is 2. The van der Waals surface area contributed by atoms with Crippen molar-refractivity contribution in [1.82, 2.24) is 15.1 Å². The number of fused-ring (bicyclic) bond motifs is 2. The molecule has 0 unspecified atom stereocenters. The minimum Gasteiger partial charge on any atom is -0.455 e. The molecule has 2 fully saturated rings. The van der Waals surface area contributed by atoms with Crippen LogP contribution in [-0.4, -0.2) is 88.6 Å². The molecule has 4 aliphatic heterocycles. The molecule has 3 amide bonds. The van der Waals surface area contributed by atoms with Crippen molar-refractivity contribution in [1.29, 1.82) is 0 Å². The summed E-state index contributed by atoms with van der Waals surface area (Å²) in [4.78, 5) is 59.0. The lowest BCUT2D eigenvalue weighted by molar-refractivity contribution is -0.160. The number of allylic oxidation sites excluding steroid dienone is 1. The van der Waals surface area contributed by atoms with E-state index in [0.717, 1.165) is 19.3 Å². The Morgan fingerprint density at radius 1 is 1.07 bits per heavy atom. The fourth-order valence-electron chi connectivity index (χ4n) is 7.09. The molecule has 1 aromatic rings. The number of nitrogens with zero attached hydrogens (tertiary/aromatic N) is 2. The van der Waals surface area contributed by atoms with Crippen LogP contribution < -0.4 is 5.32 Å². The summed E-state index contributed by atoms with van der Waals surface area (Å²) in [7, 11) is 0. The van der Waals surface area contributed by atoms with Crippen LogP contribution in [0.2, 0.25) is 0 Å². The molecule has 2 N–H and O–H groups in total. The lowest BCUT2D eigenvalue weighted by Gasteiger charge is -2.40. The summed E-state index contributed by atoms with van der Waals surface area (Å²) in [6, 6.07) is 7.48. The summed E-state index contributed by atoms with van der Waals surface area (Å²) in [5, 5.41) is 13.4. The molecule has 4 aliphatic rings. The molecule has 10 heteroatoms. The van der Waals surface area contributed by atoms with Crippen LogP contribution >= 0.6 is 0 Å². The van der Waals surface area contributed by atoms with Crippen molar-refractivity contribution in [3.05, 3.63) is 60.2 Å². The molecule has 5 rings (SSSR count). The third kappa shape index (κ3) is 5.94. The third-order valence-corrected chi connectivity index (χ3v) is 9.42. The fraction of sp³-hybridized carbons (Fsp3) is 0.588. The maximum atomic E-state index is 14.6. The quantitative estimate of drug-likeness (QED) is 0.265. The predicted octanol–water partition coefficient (Wildman–Crippen LogP) is 2.92. The number of amides is 3. The summed E-state index contributed by atoms with van der Waals surface area (Å²) in [6.07, 6.45) is 9.25. The number of esters is 1. The zero-order valence-corrected chi connectivity index (χ0v) is 25.9. The van der Waals surface area contributed by atoms with E-state index < -0.39 is 47.7 Å². The summed E-state index contributed by atoms with van der Waals surface area (Å²) in [5.41, 5.74) is -0.647. The number of benzene rings is 1. The van der Waals surface area contributed by atoms with Crippen LogP contribution in [0.3, 0.4) is 0 Å². The number of rotatable bonds is 8. The second-order valence-electron chi connectivity index (χ2n) is 12.6. The van der Waals surface area contributed by atoms with Crippen LogP contribution in [0.25, 0.3) is 0 Å². The van der Waals surface area contributed by atoms with Crippen LogP contribution in [0.5, 0.6) is 0 Å². The number of carbonyl (C=O) groups excluding carboxylic acids is 4. The summed E-state index contributed by atoms with van der Waals surface area (Å²) in [6.45, 7) is 6.44. The monoisotopic (exact) mass is 607 g/mol. The Morgan fingerprint density at radius 2 is 1.84 bits per heavy atom. The van der Waals surface area contributed by atoms with Crippen LogP contribution in [0, 0.1) is 17.8 Å². The van der Waals surface area contributed by atoms with Gasteiger partial charge in [-0.05, 0) is 24.3 Å². The Bertz CT molecular complexity index is 1280. The molecular weight excluding hydrogens is 562 g/mol. The molecular formula is C34H45N3O7. The van der Waals surface area contributed by atoms with Gasteiger partial charge in [0.1, 0.15) is 23.7 Å². The largest absolute Gasteiger partial charge is 0.455 e. The van der Waals surface area contributed by atoms with Crippen molar-refractivity contribution >= 4 is 23.7 Å². The van der Waals surface area contributed by atoms with Crippen molar-refractivity contribution in [2.75, 3.05) is 26.2 Å². The number of hydrogen-bond acceptors (Lipinski definition) is 7. The SMILES string of the molecule is CCCCCN1C/C=C\CCC(=O)NC[C@@H](c2ccccc2)OC(=O)[C@@H]2[C@@H]3C=C[C@]4(O3)[C@H](C1=O)N([C@@H](CO)C(C)C)C(=O)[C@@H]24. The van der Waals surface area contributed by atoms with Crippen LogP contribution in [-0.2, 0) is 28.7 Å². The van der Waals surface area contributed by atoms with E-state index in [1.54, 1.807) is 17.1 Å². The number of aliphatic hydroxyl groups is 1. The first kappa shape index (κ1) is 31.9. The topological polar surface area (TPSA) is 125 Å². The number of carbonyl (C=O) groups is 4. The molecule has 0 aliphatic carbocycles. The minimum atomic E-state index is -1.36. The standard InChI is InChI=1S/C34H45N3O7/c1-4-5-11-18-36-19-12-7-10-15-27(39)35-20-26(23-13-8-6-9-14-23)43-33(42)28-25-16-17-34(44-25)29(28)31(40)37(30(34)32(36)41)24(21-38)22(2)3/h6-9,12-14,16-17,22,24-26,28-30,38H,4-5,10-11,15,18-21H2,1-3H3,(H,35,39)/b12-7-/t24-,25-,26-,28+,29+,30-,34+/m0/s1. The molecule has 238 valence electrons. The average molecular weight is 608 g/mol. The predicted molar refractivity (Wildman–Crippen MR) is 163 cm³/mol. The van der Waals surface area contributed by atoms with E-state index in [-0.39, 0.29) is 43.2 Å². The van der Waals surface area contributed by atoms with Gasteiger partial charge in [0.15, 0.2) is 0 Å². The zero-order valence-electron chi connectivity index (χ0n) is 25.9. The average Bonchev–Trinajstić information content (AvgIpc) is 3.65. The van der Waals surface area contributed by atoms with Crippen molar-refractivity contribution in [3.63, 3.8) is 0 Å². The van der Waals surface area contributed by atoms with Gasteiger partial charge in [-0.15, -0.1) is 0 Å². The van der Waals surface area contributed by atoms with E-state index in [2.05, 4.69) is 12.2 Å². The highest BCUT2D eigenvalue weighted by Gasteiger charge is 2.74. The lowest BCUT2D eigenvalue weighted by Crippen LogP contribution is -2.59. The van der Waals surface area contributed by atoms with Crippen LogP contribution in [0.15, 0.2) is 54.6 Å². The first-order valence-electron chi connectivity index (χ1n) is 16.0. The first-order chi connectivity index (χ1) is 21.2. The van der Waals surface area contributed by atoms with E-state index in [4.69, 9.17) is 9.47 Å². The molecule has 2 saturated heterocycles. The Labute approximate surface area is 259 Å². The van der Waals surface area contributed by atoms with Gasteiger partial charge in [0, 0.05) is 19.5 Å². The molecule has 0 radical (unpaired) electrons. The molecule has 44 heavy (non-hydrogen) atoms. The van der Waals surface area contributed by atoms with Gasteiger partial charge in [-0.2, -0.15) is 0 Å². The molecule has 1 aromatic carbocycles. The van der Waals surface area contributed by atoms with Crippen molar-refractivity contribution in [3.8, 4) is 0 Å².